The van der Waals surface area contributed by atoms with Gasteiger partial charge in [0.2, 0.25) is 11.8 Å². The van der Waals surface area contributed by atoms with Crippen molar-refractivity contribution in [3.63, 3.8) is 0 Å². The first-order valence-electron chi connectivity index (χ1n) is 13.3. The van der Waals surface area contributed by atoms with Crippen LogP contribution < -0.4 is 15.5 Å². The maximum atomic E-state index is 13.1. The topological polar surface area (TPSA) is 87.2 Å². The van der Waals surface area contributed by atoms with E-state index in [9.17, 15) is 9.59 Å². The average Bonchev–Trinajstić information content (AvgIpc) is 3.53. The van der Waals surface area contributed by atoms with Crippen LogP contribution in [0.1, 0.15) is 47.7 Å². The molecule has 7 nitrogen and oxygen atoms in total. The van der Waals surface area contributed by atoms with Crippen LogP contribution >= 0.6 is 0 Å². The van der Waals surface area contributed by atoms with Crippen molar-refractivity contribution in [2.75, 3.05) is 22.1 Å². The van der Waals surface area contributed by atoms with Crippen molar-refractivity contribution in [3.8, 4) is 0 Å². The third-order valence-electron chi connectivity index (χ3n) is 9.25. The highest BCUT2D eigenvalue weighted by molar-refractivity contribution is 6.06. The highest BCUT2D eigenvalue weighted by Crippen LogP contribution is 2.51. The Kier molecular flexibility index (Phi) is 4.25. The molecule has 1 spiro atoms. The van der Waals surface area contributed by atoms with Crippen LogP contribution in [-0.4, -0.2) is 28.3 Å². The smallest absolute Gasteiger partial charge is 0.237 e. The molecule has 2 aromatic heterocycles. The van der Waals surface area contributed by atoms with Gasteiger partial charge in [-0.25, -0.2) is 4.98 Å². The number of hydrogen-bond acceptors (Lipinski definition) is 5. The number of anilines is 3. The zero-order chi connectivity index (χ0) is 25.6. The third kappa shape index (κ3) is 2.84. The Labute approximate surface area is 220 Å². The van der Waals surface area contributed by atoms with E-state index in [-0.39, 0.29) is 17.2 Å². The van der Waals surface area contributed by atoms with Crippen molar-refractivity contribution in [2.24, 2.45) is 0 Å². The van der Waals surface area contributed by atoms with Gasteiger partial charge in [-0.1, -0.05) is 25.1 Å². The molecule has 4 aliphatic rings. The largest absolute Gasteiger partial charge is 0.364 e. The monoisotopic (exact) mass is 501 g/mol. The third-order valence-corrected chi connectivity index (χ3v) is 9.25. The fraction of sp³-hybridized carbons (Fsp3) is 0.290. The van der Waals surface area contributed by atoms with Crippen LogP contribution in [0.4, 0.5) is 17.2 Å². The molecule has 2 N–H and O–H groups in total. The zero-order valence-corrected chi connectivity index (χ0v) is 21.2. The lowest BCUT2D eigenvalue weighted by molar-refractivity contribution is -0.120. The van der Waals surface area contributed by atoms with Gasteiger partial charge < -0.3 is 15.5 Å². The summed E-state index contributed by atoms with van der Waals surface area (Å²) in [5, 5.41) is 7.17. The standard InChI is InChI=1S/C31H27N5O2/c1-2-30-15-26(37)34-23-6-3-7-25(27(23)30)36(17-30)16-21-9-8-18-11-19-13-31(14-20(19)12-24(18)33-21)22-5-4-10-32-28(22)35-29(31)38/h3-12H,2,13-17H2,1H3,(H,34,37)(H,32,35,38). The highest BCUT2D eigenvalue weighted by Gasteiger charge is 2.51. The summed E-state index contributed by atoms with van der Waals surface area (Å²) in [4.78, 5) is 37.5. The molecule has 0 bridgehead atoms. The van der Waals surface area contributed by atoms with E-state index in [2.05, 4.69) is 57.8 Å². The quantitative estimate of drug-likeness (QED) is 0.428. The molecule has 1 aliphatic carbocycles. The van der Waals surface area contributed by atoms with Crippen molar-refractivity contribution in [2.45, 2.75) is 50.0 Å². The number of pyridine rings is 2. The van der Waals surface area contributed by atoms with Gasteiger partial charge in [0.15, 0.2) is 0 Å². The Morgan fingerprint density at radius 2 is 1.84 bits per heavy atom. The van der Waals surface area contributed by atoms with Gasteiger partial charge in [-0.05, 0) is 66.8 Å². The summed E-state index contributed by atoms with van der Waals surface area (Å²) in [6.45, 7) is 3.69. The first-order chi connectivity index (χ1) is 18.5. The second-order valence-electron chi connectivity index (χ2n) is 11.3. The Morgan fingerprint density at radius 1 is 0.974 bits per heavy atom. The molecule has 2 unspecified atom stereocenters. The fourth-order valence-electron chi connectivity index (χ4n) is 7.42. The lowest BCUT2D eigenvalue weighted by Crippen LogP contribution is -2.39. The number of carbonyl (C=O) groups is 2. The maximum absolute atomic E-state index is 13.1. The summed E-state index contributed by atoms with van der Waals surface area (Å²) in [5.41, 5.74) is 8.05. The van der Waals surface area contributed by atoms with Crippen molar-refractivity contribution in [3.05, 3.63) is 88.7 Å². The SMILES string of the molecule is CCC12CC(=O)Nc3cccc(c31)N(Cc1ccc3cc4c(cc3n1)CC1(C4)C(=O)Nc3ncccc31)C2. The molecular weight excluding hydrogens is 474 g/mol. The minimum absolute atomic E-state index is 0.0388. The van der Waals surface area contributed by atoms with Crippen LogP contribution in [0, 0.1) is 0 Å². The van der Waals surface area contributed by atoms with Gasteiger partial charge in [-0.15, -0.1) is 0 Å². The number of aromatic nitrogens is 2. The lowest BCUT2D eigenvalue weighted by atomic mass is 9.74. The van der Waals surface area contributed by atoms with Crippen molar-refractivity contribution < 1.29 is 9.59 Å². The maximum Gasteiger partial charge on any atom is 0.237 e. The Balaban J connectivity index is 1.13. The van der Waals surface area contributed by atoms with Crippen LogP contribution in [0.5, 0.6) is 0 Å². The number of rotatable bonds is 3. The van der Waals surface area contributed by atoms with Gasteiger partial charge in [-0.2, -0.15) is 0 Å². The number of fused-ring (bicyclic) bond motifs is 4. The second kappa shape index (κ2) is 7.40. The van der Waals surface area contributed by atoms with E-state index < -0.39 is 5.41 Å². The van der Waals surface area contributed by atoms with Gasteiger partial charge in [0.25, 0.3) is 0 Å². The minimum atomic E-state index is -0.579. The number of amides is 2. The average molecular weight is 502 g/mol. The predicted octanol–water partition coefficient (Wildman–Crippen LogP) is 4.63. The summed E-state index contributed by atoms with van der Waals surface area (Å²) >= 11 is 0. The first-order valence-corrected chi connectivity index (χ1v) is 13.3. The summed E-state index contributed by atoms with van der Waals surface area (Å²) in [7, 11) is 0. The number of carbonyl (C=O) groups excluding carboxylic acids is 2. The van der Waals surface area contributed by atoms with Crippen LogP contribution in [0.25, 0.3) is 10.9 Å². The number of nitrogens with one attached hydrogen (secondary N) is 2. The van der Waals surface area contributed by atoms with E-state index in [1.54, 1.807) is 6.20 Å². The highest BCUT2D eigenvalue weighted by atomic mass is 16.2. The number of hydrogen-bond donors (Lipinski definition) is 2. The zero-order valence-electron chi connectivity index (χ0n) is 21.2. The van der Waals surface area contributed by atoms with Crippen molar-refractivity contribution in [1.82, 2.24) is 9.97 Å². The molecular formula is C31H27N5O2. The normalized spacial score (nSPS) is 24.4. The van der Waals surface area contributed by atoms with Crippen molar-refractivity contribution >= 4 is 39.9 Å². The number of benzene rings is 2. The van der Waals surface area contributed by atoms with Crippen LogP contribution in [0.15, 0.2) is 60.8 Å². The van der Waals surface area contributed by atoms with E-state index in [0.717, 1.165) is 40.8 Å². The van der Waals surface area contributed by atoms with Crippen LogP contribution in [0.2, 0.25) is 0 Å². The van der Waals surface area contributed by atoms with E-state index in [1.807, 2.05) is 24.3 Å². The predicted molar refractivity (Wildman–Crippen MR) is 146 cm³/mol. The summed E-state index contributed by atoms with van der Waals surface area (Å²) < 4.78 is 0. The Bertz CT molecular complexity index is 1710. The van der Waals surface area contributed by atoms with Gasteiger partial charge in [0.05, 0.1) is 23.2 Å². The Hall–Kier alpha value is -4.26. The molecule has 7 heteroatoms. The molecule has 0 saturated heterocycles. The van der Waals surface area contributed by atoms with Crippen molar-refractivity contribution in [1.29, 1.82) is 0 Å². The first kappa shape index (κ1) is 21.8. The lowest BCUT2D eigenvalue weighted by Gasteiger charge is -2.33. The molecule has 188 valence electrons. The van der Waals surface area contributed by atoms with Crippen LogP contribution in [-0.2, 0) is 39.8 Å². The molecule has 0 radical (unpaired) electrons. The molecule has 0 fully saturated rings. The summed E-state index contributed by atoms with van der Waals surface area (Å²) in [6, 6.07) is 18.8. The van der Waals surface area contributed by atoms with Gasteiger partial charge in [0, 0.05) is 52.5 Å². The fourth-order valence-corrected chi connectivity index (χ4v) is 7.42. The van der Waals surface area contributed by atoms with E-state index in [1.165, 1.54) is 22.4 Å². The molecule has 38 heavy (non-hydrogen) atoms. The molecule has 0 saturated carbocycles. The van der Waals surface area contributed by atoms with E-state index in [0.29, 0.717) is 31.6 Å². The molecule has 2 aromatic carbocycles. The molecule has 3 aliphatic heterocycles. The Morgan fingerprint density at radius 3 is 2.71 bits per heavy atom. The summed E-state index contributed by atoms with van der Waals surface area (Å²) in [6.07, 6.45) is 4.52. The minimum Gasteiger partial charge on any atom is -0.364 e. The molecule has 4 aromatic rings. The number of nitrogens with zero attached hydrogens (tertiary/aromatic N) is 3. The molecule has 5 heterocycles. The van der Waals surface area contributed by atoms with Crippen LogP contribution in [0.3, 0.4) is 0 Å². The van der Waals surface area contributed by atoms with E-state index in [4.69, 9.17) is 4.98 Å². The van der Waals surface area contributed by atoms with Gasteiger partial charge in [-0.3, -0.25) is 14.6 Å². The van der Waals surface area contributed by atoms with E-state index >= 15 is 0 Å². The van der Waals surface area contributed by atoms with Gasteiger partial charge >= 0.3 is 0 Å². The molecule has 2 atom stereocenters. The molecule has 2 amide bonds. The van der Waals surface area contributed by atoms with Gasteiger partial charge in [0.1, 0.15) is 5.82 Å². The second-order valence-corrected chi connectivity index (χ2v) is 11.3. The molecule has 8 rings (SSSR count). The summed E-state index contributed by atoms with van der Waals surface area (Å²) in [5.74, 6) is 0.827.